The summed E-state index contributed by atoms with van der Waals surface area (Å²) < 4.78 is 15.4. The van der Waals surface area contributed by atoms with Crippen LogP contribution in [-0.4, -0.2) is 41.7 Å². The zero-order valence-electron chi connectivity index (χ0n) is 13.4. The van der Waals surface area contributed by atoms with Crippen LogP contribution in [0.1, 0.15) is 36.7 Å². The lowest BCUT2D eigenvalue weighted by atomic mass is 10.1. The smallest absolute Gasteiger partial charge is 0.223 e. The molecule has 0 saturated carbocycles. The van der Waals surface area contributed by atoms with E-state index < -0.39 is 0 Å². The molecule has 1 aliphatic rings. The molecule has 2 heterocycles. The molecule has 7 heteroatoms. The van der Waals surface area contributed by atoms with E-state index in [4.69, 9.17) is 14.0 Å². The van der Waals surface area contributed by atoms with Crippen molar-refractivity contribution in [3.8, 4) is 11.5 Å². The van der Waals surface area contributed by atoms with E-state index in [1.165, 1.54) is 6.39 Å². The first-order chi connectivity index (χ1) is 11.1. The van der Waals surface area contributed by atoms with Gasteiger partial charge in [0.1, 0.15) is 0 Å². The second-order valence-electron chi connectivity index (χ2n) is 5.53. The highest BCUT2D eigenvalue weighted by molar-refractivity contribution is 5.80. The van der Waals surface area contributed by atoms with Crippen molar-refractivity contribution >= 4 is 5.91 Å². The number of rotatable bonds is 5. The predicted molar refractivity (Wildman–Crippen MR) is 81.3 cm³/mol. The zero-order chi connectivity index (χ0) is 16.4. The van der Waals surface area contributed by atoms with Crippen LogP contribution in [0.3, 0.4) is 0 Å². The summed E-state index contributed by atoms with van der Waals surface area (Å²) in [6.07, 6.45) is 1.69. The highest BCUT2D eigenvalue weighted by atomic mass is 16.5. The third-order valence-corrected chi connectivity index (χ3v) is 4.26. The molecular formula is C16H19N3O4. The van der Waals surface area contributed by atoms with Crippen molar-refractivity contribution in [2.45, 2.75) is 25.3 Å². The predicted octanol–water partition coefficient (Wildman–Crippen LogP) is 2.16. The largest absolute Gasteiger partial charge is 0.493 e. The molecule has 1 saturated heterocycles. The third kappa shape index (κ3) is 2.86. The van der Waals surface area contributed by atoms with Gasteiger partial charge in [-0.05, 0) is 24.6 Å². The summed E-state index contributed by atoms with van der Waals surface area (Å²) in [5.74, 6) is 1.96. The fraction of sp³-hybridized carbons (Fsp3) is 0.438. The lowest BCUT2D eigenvalue weighted by Crippen LogP contribution is -2.28. The Bertz CT molecular complexity index is 687. The molecule has 1 aromatic carbocycles. The minimum Gasteiger partial charge on any atom is -0.493 e. The average Bonchev–Trinajstić information content (AvgIpc) is 3.22. The molecule has 0 radical (unpaired) electrons. The van der Waals surface area contributed by atoms with E-state index in [9.17, 15) is 4.79 Å². The van der Waals surface area contributed by atoms with Crippen molar-refractivity contribution in [3.63, 3.8) is 0 Å². The van der Waals surface area contributed by atoms with Gasteiger partial charge in [0.15, 0.2) is 17.3 Å². The quantitative estimate of drug-likeness (QED) is 0.841. The Morgan fingerprint density at radius 2 is 2.09 bits per heavy atom. The maximum atomic E-state index is 12.4. The van der Waals surface area contributed by atoms with Crippen LogP contribution >= 0.6 is 0 Å². The van der Waals surface area contributed by atoms with Gasteiger partial charge >= 0.3 is 0 Å². The number of carbonyl (C=O) groups is 1. The van der Waals surface area contributed by atoms with Crippen LogP contribution in [0.2, 0.25) is 0 Å². The van der Waals surface area contributed by atoms with Gasteiger partial charge in [-0.1, -0.05) is 11.2 Å². The van der Waals surface area contributed by atoms with Crippen LogP contribution in [-0.2, 0) is 4.79 Å². The Morgan fingerprint density at radius 3 is 2.74 bits per heavy atom. The van der Waals surface area contributed by atoms with E-state index in [0.717, 1.165) is 5.56 Å². The second kappa shape index (κ2) is 6.28. The molecule has 2 unspecified atom stereocenters. The van der Waals surface area contributed by atoms with E-state index >= 15 is 0 Å². The molecular weight excluding hydrogens is 298 g/mol. The van der Waals surface area contributed by atoms with Gasteiger partial charge in [0.2, 0.25) is 12.3 Å². The minimum atomic E-state index is -0.0702. The van der Waals surface area contributed by atoms with E-state index in [1.54, 1.807) is 14.2 Å². The van der Waals surface area contributed by atoms with Crippen molar-refractivity contribution in [1.29, 1.82) is 0 Å². The van der Waals surface area contributed by atoms with Gasteiger partial charge in [0.05, 0.1) is 20.3 Å². The zero-order valence-corrected chi connectivity index (χ0v) is 13.4. The molecule has 1 aromatic heterocycles. The van der Waals surface area contributed by atoms with Gasteiger partial charge in [-0.2, -0.15) is 4.98 Å². The molecule has 122 valence electrons. The van der Waals surface area contributed by atoms with Gasteiger partial charge < -0.3 is 18.9 Å². The van der Waals surface area contributed by atoms with E-state index in [0.29, 0.717) is 30.3 Å². The van der Waals surface area contributed by atoms with E-state index in [2.05, 4.69) is 10.1 Å². The fourth-order valence-corrected chi connectivity index (χ4v) is 2.93. The van der Waals surface area contributed by atoms with Crippen LogP contribution in [0.15, 0.2) is 29.1 Å². The van der Waals surface area contributed by atoms with Crippen molar-refractivity contribution in [2.75, 3.05) is 20.8 Å². The molecule has 0 bridgehead atoms. The number of benzene rings is 1. The van der Waals surface area contributed by atoms with Crippen LogP contribution in [0.5, 0.6) is 11.5 Å². The molecule has 2 atom stereocenters. The van der Waals surface area contributed by atoms with Gasteiger partial charge in [-0.15, -0.1) is 0 Å². The SMILES string of the molecule is COc1ccc(C(C)N2CC(c3ncon3)CC2=O)cc1OC. The Balaban J connectivity index is 1.80. The Labute approximate surface area is 134 Å². The minimum absolute atomic E-state index is 0.0242. The number of carbonyl (C=O) groups excluding carboxylic acids is 1. The van der Waals surface area contributed by atoms with Crippen molar-refractivity contribution in [1.82, 2.24) is 15.0 Å². The normalized spacial score (nSPS) is 19.0. The molecule has 1 aliphatic heterocycles. The maximum absolute atomic E-state index is 12.4. The number of methoxy groups -OCH3 is 2. The molecule has 0 aliphatic carbocycles. The first-order valence-electron chi connectivity index (χ1n) is 7.41. The highest BCUT2D eigenvalue weighted by Crippen LogP contribution is 2.35. The van der Waals surface area contributed by atoms with Gasteiger partial charge in [0, 0.05) is 18.9 Å². The van der Waals surface area contributed by atoms with Gasteiger partial charge in [-0.3, -0.25) is 4.79 Å². The molecule has 1 fully saturated rings. The monoisotopic (exact) mass is 317 g/mol. The van der Waals surface area contributed by atoms with E-state index in [-0.39, 0.29) is 17.9 Å². The van der Waals surface area contributed by atoms with Crippen LogP contribution in [0.25, 0.3) is 0 Å². The van der Waals surface area contributed by atoms with Gasteiger partial charge in [-0.25, -0.2) is 0 Å². The summed E-state index contributed by atoms with van der Waals surface area (Å²) in [6, 6.07) is 5.63. The number of hydrogen-bond donors (Lipinski definition) is 0. The Morgan fingerprint density at radius 1 is 1.30 bits per heavy atom. The first-order valence-corrected chi connectivity index (χ1v) is 7.41. The number of nitrogens with zero attached hydrogens (tertiary/aromatic N) is 3. The molecule has 0 spiro atoms. The Hall–Kier alpha value is -2.57. The molecule has 0 N–H and O–H groups in total. The summed E-state index contributed by atoms with van der Waals surface area (Å²) in [7, 11) is 3.19. The second-order valence-corrected chi connectivity index (χ2v) is 5.53. The van der Waals surface area contributed by atoms with Crippen molar-refractivity contribution < 1.29 is 18.8 Å². The number of aromatic nitrogens is 2. The standard InChI is InChI=1S/C16H19N3O4/c1-10(11-4-5-13(21-2)14(6-11)22-3)19-8-12(7-15(19)20)16-17-9-23-18-16/h4-6,9-10,12H,7-8H2,1-3H3. The summed E-state index contributed by atoms with van der Waals surface area (Å²) in [4.78, 5) is 18.2. The highest BCUT2D eigenvalue weighted by Gasteiger charge is 2.36. The number of hydrogen-bond acceptors (Lipinski definition) is 6. The van der Waals surface area contributed by atoms with Crippen LogP contribution < -0.4 is 9.47 Å². The van der Waals surface area contributed by atoms with E-state index in [1.807, 2.05) is 30.0 Å². The fourth-order valence-electron chi connectivity index (χ4n) is 2.93. The van der Waals surface area contributed by atoms with Gasteiger partial charge in [0.25, 0.3) is 0 Å². The summed E-state index contributed by atoms with van der Waals surface area (Å²) in [6.45, 7) is 2.58. The topological polar surface area (TPSA) is 77.7 Å². The summed E-state index contributed by atoms with van der Waals surface area (Å²) >= 11 is 0. The summed E-state index contributed by atoms with van der Waals surface area (Å²) in [5, 5.41) is 3.85. The first kappa shape index (κ1) is 15.3. The van der Waals surface area contributed by atoms with Crippen LogP contribution in [0.4, 0.5) is 0 Å². The average molecular weight is 317 g/mol. The maximum Gasteiger partial charge on any atom is 0.223 e. The molecule has 1 amide bonds. The lowest BCUT2D eigenvalue weighted by Gasteiger charge is -2.25. The third-order valence-electron chi connectivity index (χ3n) is 4.26. The summed E-state index contributed by atoms with van der Waals surface area (Å²) in [5.41, 5.74) is 0.991. The van der Waals surface area contributed by atoms with Crippen molar-refractivity contribution in [3.05, 3.63) is 36.0 Å². The number of amides is 1. The van der Waals surface area contributed by atoms with Crippen LogP contribution in [0, 0.1) is 0 Å². The molecule has 3 rings (SSSR count). The molecule has 2 aromatic rings. The molecule has 7 nitrogen and oxygen atoms in total. The molecule has 23 heavy (non-hydrogen) atoms. The van der Waals surface area contributed by atoms with Crippen molar-refractivity contribution in [2.24, 2.45) is 0 Å². The number of ether oxygens (including phenoxy) is 2. The number of likely N-dealkylation sites (tertiary alicyclic amines) is 1. The lowest BCUT2D eigenvalue weighted by molar-refractivity contribution is -0.129. The Kier molecular flexibility index (Phi) is 4.18.